The van der Waals surface area contributed by atoms with Crippen LogP contribution in [-0.4, -0.2) is 54.4 Å². The van der Waals surface area contributed by atoms with Gasteiger partial charge in [0.25, 0.3) is 0 Å². The van der Waals surface area contributed by atoms with Crippen molar-refractivity contribution < 1.29 is 19.4 Å². The molecule has 0 aromatic rings. The van der Waals surface area contributed by atoms with Gasteiger partial charge in [0.1, 0.15) is 0 Å². The van der Waals surface area contributed by atoms with Crippen LogP contribution >= 0.6 is 0 Å². The van der Waals surface area contributed by atoms with Gasteiger partial charge in [0.05, 0.1) is 12.0 Å². The Balaban J connectivity index is 1.61. The van der Waals surface area contributed by atoms with Crippen LogP contribution in [0.15, 0.2) is 0 Å². The Labute approximate surface area is 138 Å². The highest BCUT2D eigenvalue weighted by Gasteiger charge is 2.31. The summed E-state index contributed by atoms with van der Waals surface area (Å²) in [5.74, 6) is -1.03. The minimum absolute atomic E-state index is 0.152. The summed E-state index contributed by atoms with van der Waals surface area (Å²) < 4.78 is 5.83. The number of carbonyl (C=O) groups excluding carboxylic acids is 1. The monoisotopic (exact) mass is 326 g/mol. The quantitative estimate of drug-likeness (QED) is 0.735. The van der Waals surface area contributed by atoms with Crippen LogP contribution in [0.25, 0.3) is 0 Å². The molecule has 2 rings (SSSR count). The highest BCUT2D eigenvalue weighted by Crippen LogP contribution is 2.22. The number of hydrogen-bond donors (Lipinski definition) is 2. The number of urea groups is 1. The minimum atomic E-state index is -0.810. The van der Waals surface area contributed by atoms with E-state index in [9.17, 15) is 9.59 Å². The molecule has 6 heteroatoms. The fourth-order valence-corrected chi connectivity index (χ4v) is 3.56. The Bertz CT molecular complexity index is 396. The van der Waals surface area contributed by atoms with Crippen molar-refractivity contribution in [3.63, 3.8) is 0 Å². The van der Waals surface area contributed by atoms with Gasteiger partial charge in [-0.05, 0) is 31.6 Å². The lowest BCUT2D eigenvalue weighted by molar-refractivity contribution is -0.143. The molecule has 6 nitrogen and oxygen atoms in total. The van der Waals surface area contributed by atoms with Crippen molar-refractivity contribution in [2.75, 3.05) is 26.2 Å². The van der Waals surface area contributed by atoms with Crippen molar-refractivity contribution in [1.82, 2.24) is 10.2 Å². The van der Waals surface area contributed by atoms with Crippen molar-refractivity contribution in [2.24, 2.45) is 11.8 Å². The van der Waals surface area contributed by atoms with Crippen LogP contribution in [0, 0.1) is 11.8 Å². The van der Waals surface area contributed by atoms with Crippen LogP contribution < -0.4 is 5.32 Å². The molecule has 132 valence electrons. The maximum atomic E-state index is 12.2. The second kappa shape index (κ2) is 9.11. The lowest BCUT2D eigenvalue weighted by Crippen LogP contribution is -2.49. The van der Waals surface area contributed by atoms with Gasteiger partial charge in [-0.3, -0.25) is 4.79 Å². The fraction of sp³-hybridized carbons (Fsp3) is 0.882. The summed E-state index contributed by atoms with van der Waals surface area (Å²) in [4.78, 5) is 24.9. The molecule has 0 aromatic heterocycles. The lowest BCUT2D eigenvalue weighted by atomic mass is 9.91. The number of nitrogens with one attached hydrogen (secondary N) is 1. The smallest absolute Gasteiger partial charge is 0.317 e. The molecule has 1 heterocycles. The topological polar surface area (TPSA) is 78.9 Å². The predicted molar refractivity (Wildman–Crippen MR) is 87.3 cm³/mol. The highest BCUT2D eigenvalue weighted by atomic mass is 16.5. The van der Waals surface area contributed by atoms with E-state index in [0.717, 1.165) is 19.3 Å². The number of carboxylic acids is 1. The first-order valence-electron chi connectivity index (χ1n) is 8.93. The van der Waals surface area contributed by atoms with E-state index >= 15 is 0 Å². The molecule has 2 amide bonds. The first-order valence-corrected chi connectivity index (χ1v) is 8.93. The maximum absolute atomic E-state index is 12.2. The summed E-state index contributed by atoms with van der Waals surface area (Å²) in [7, 11) is 0. The van der Waals surface area contributed by atoms with E-state index in [2.05, 4.69) is 5.32 Å². The summed E-state index contributed by atoms with van der Waals surface area (Å²) in [5.41, 5.74) is 0. The van der Waals surface area contributed by atoms with Gasteiger partial charge in [-0.1, -0.05) is 26.2 Å². The molecule has 1 aliphatic carbocycles. The molecule has 23 heavy (non-hydrogen) atoms. The lowest BCUT2D eigenvalue weighted by Gasteiger charge is -2.34. The molecule has 2 fully saturated rings. The third kappa shape index (κ3) is 6.01. The number of rotatable bonds is 6. The summed E-state index contributed by atoms with van der Waals surface area (Å²) in [5, 5.41) is 12.0. The molecule has 2 N–H and O–H groups in total. The van der Waals surface area contributed by atoms with Crippen molar-refractivity contribution in [3.05, 3.63) is 0 Å². The Kier molecular flexibility index (Phi) is 7.15. The average Bonchev–Trinajstić information content (AvgIpc) is 2.54. The van der Waals surface area contributed by atoms with Gasteiger partial charge < -0.3 is 20.1 Å². The summed E-state index contributed by atoms with van der Waals surface area (Å²) in [6.07, 6.45) is 8.02. The molecule has 2 unspecified atom stereocenters. The first-order chi connectivity index (χ1) is 11.1. The van der Waals surface area contributed by atoms with Crippen molar-refractivity contribution in [1.29, 1.82) is 0 Å². The third-order valence-corrected chi connectivity index (χ3v) is 4.80. The second-order valence-corrected chi connectivity index (χ2v) is 7.00. The number of piperidine rings is 1. The molecule has 2 aliphatic rings. The Hall–Kier alpha value is -1.30. The van der Waals surface area contributed by atoms with E-state index in [1.54, 1.807) is 4.90 Å². The molecule has 1 saturated heterocycles. The minimum Gasteiger partial charge on any atom is -0.481 e. The number of nitrogens with zero attached hydrogens (tertiary/aromatic N) is 1. The van der Waals surface area contributed by atoms with Gasteiger partial charge in [-0.15, -0.1) is 0 Å². The van der Waals surface area contributed by atoms with Gasteiger partial charge in [-0.25, -0.2) is 4.79 Å². The van der Waals surface area contributed by atoms with E-state index < -0.39 is 11.9 Å². The zero-order valence-electron chi connectivity index (χ0n) is 14.1. The van der Waals surface area contributed by atoms with Crippen LogP contribution in [0.4, 0.5) is 4.79 Å². The number of likely N-dealkylation sites (tertiary alicyclic amines) is 1. The molecule has 1 saturated carbocycles. The van der Waals surface area contributed by atoms with Gasteiger partial charge in [0.2, 0.25) is 0 Å². The maximum Gasteiger partial charge on any atom is 0.317 e. The zero-order chi connectivity index (χ0) is 16.7. The van der Waals surface area contributed by atoms with Crippen LogP contribution in [0.3, 0.4) is 0 Å². The van der Waals surface area contributed by atoms with Crippen molar-refractivity contribution in [3.8, 4) is 0 Å². The number of amides is 2. The molecule has 0 radical (unpaired) electrons. The molecule has 1 aliphatic heterocycles. The third-order valence-electron chi connectivity index (χ3n) is 4.80. The Morgan fingerprint density at radius 3 is 2.65 bits per heavy atom. The first kappa shape index (κ1) is 18.0. The van der Waals surface area contributed by atoms with E-state index in [-0.39, 0.29) is 11.9 Å². The molecular weight excluding hydrogens is 296 g/mol. The molecule has 2 atom stereocenters. The highest BCUT2D eigenvalue weighted by molar-refractivity contribution is 5.76. The number of carboxylic acid groups (broad SMARTS) is 1. The summed E-state index contributed by atoms with van der Waals surface area (Å²) in [6, 6.07) is -0.152. The number of ether oxygens (including phenoxy) is 1. The van der Waals surface area contributed by atoms with Crippen molar-refractivity contribution >= 4 is 12.0 Å². The normalized spacial score (nSPS) is 26.0. The van der Waals surface area contributed by atoms with Gasteiger partial charge >= 0.3 is 12.0 Å². The number of carbonyl (C=O) groups is 2. The van der Waals surface area contributed by atoms with E-state index in [0.29, 0.717) is 38.8 Å². The van der Waals surface area contributed by atoms with E-state index in [1.807, 2.05) is 6.92 Å². The van der Waals surface area contributed by atoms with E-state index in [1.165, 1.54) is 19.3 Å². The van der Waals surface area contributed by atoms with Crippen LogP contribution in [0.1, 0.15) is 51.9 Å². The molecular formula is C17H30N2O4. The Morgan fingerprint density at radius 1 is 1.22 bits per heavy atom. The van der Waals surface area contributed by atoms with Crippen LogP contribution in [0.2, 0.25) is 0 Å². The largest absolute Gasteiger partial charge is 0.481 e. The van der Waals surface area contributed by atoms with Crippen LogP contribution in [-0.2, 0) is 9.53 Å². The molecule has 0 bridgehead atoms. The van der Waals surface area contributed by atoms with Gasteiger partial charge in [0.15, 0.2) is 0 Å². The van der Waals surface area contributed by atoms with Crippen molar-refractivity contribution in [2.45, 2.75) is 58.0 Å². The summed E-state index contributed by atoms with van der Waals surface area (Å²) in [6.45, 7) is 4.19. The fourth-order valence-electron chi connectivity index (χ4n) is 3.56. The van der Waals surface area contributed by atoms with Crippen LogP contribution in [0.5, 0.6) is 0 Å². The van der Waals surface area contributed by atoms with E-state index in [4.69, 9.17) is 9.84 Å². The van der Waals surface area contributed by atoms with Gasteiger partial charge in [-0.2, -0.15) is 0 Å². The second-order valence-electron chi connectivity index (χ2n) is 7.00. The average molecular weight is 326 g/mol. The predicted octanol–water partition coefficient (Wildman–Crippen LogP) is 2.48. The molecule has 0 aromatic carbocycles. The number of aliphatic carboxylic acids is 1. The zero-order valence-corrected chi connectivity index (χ0v) is 14.1. The molecule has 0 spiro atoms. The Morgan fingerprint density at radius 2 is 1.96 bits per heavy atom. The standard InChI is InChI=1S/C17H30N2O4/c1-13-10-14(16(20)21)12-19(11-13)17(22)18-8-5-9-23-15-6-3-2-4-7-15/h13-15H,2-12H2,1H3,(H,18,22)(H,20,21). The summed E-state index contributed by atoms with van der Waals surface area (Å²) >= 11 is 0. The van der Waals surface area contributed by atoms with Gasteiger partial charge in [0, 0.05) is 26.2 Å². The SMILES string of the molecule is CC1CC(C(=O)O)CN(C(=O)NCCCOC2CCCCC2)C1. The number of hydrogen-bond acceptors (Lipinski definition) is 3.